The molecular formula is C25H32N2O. The Morgan fingerprint density at radius 3 is 2.46 bits per heavy atom. The van der Waals surface area contributed by atoms with E-state index in [4.69, 9.17) is 0 Å². The molecule has 0 spiro atoms. The number of carbonyl (C=O) groups is 1. The normalized spacial score (nSPS) is 17.6. The molecule has 3 heteroatoms. The molecule has 0 radical (unpaired) electrons. The number of benzene rings is 2. The number of nitrogens with zero attached hydrogens (tertiary/aromatic N) is 1. The molecule has 1 saturated carbocycles. The summed E-state index contributed by atoms with van der Waals surface area (Å²) in [4.78, 5) is 14.9. The van der Waals surface area contributed by atoms with E-state index in [2.05, 4.69) is 68.2 Å². The van der Waals surface area contributed by atoms with Crippen molar-refractivity contribution in [1.29, 1.82) is 0 Å². The minimum Gasteiger partial charge on any atom is -0.341 e. The Hall–Kier alpha value is -2.29. The molecule has 1 amide bonds. The van der Waals surface area contributed by atoms with E-state index in [1.54, 1.807) is 0 Å². The molecule has 1 N–H and O–H groups in total. The number of rotatable bonds is 4. The highest BCUT2D eigenvalue weighted by molar-refractivity contribution is 5.93. The first-order chi connectivity index (χ1) is 13.3. The molecule has 0 bridgehead atoms. The molecule has 0 saturated heterocycles. The zero-order valence-corrected chi connectivity index (χ0v) is 17.7. The van der Waals surface area contributed by atoms with E-state index >= 15 is 0 Å². The number of carbonyl (C=O) groups excluding carboxylic acids is 1. The molecule has 148 valence electrons. The van der Waals surface area contributed by atoms with Crippen LogP contribution in [0, 0.1) is 26.2 Å². The molecular weight excluding hydrogens is 344 g/mol. The van der Waals surface area contributed by atoms with Crippen molar-refractivity contribution in [3.05, 3.63) is 52.6 Å². The third-order valence-electron chi connectivity index (χ3n) is 6.39. The minimum absolute atomic E-state index is 0.148. The van der Waals surface area contributed by atoms with Gasteiger partial charge >= 0.3 is 0 Å². The monoisotopic (exact) mass is 376 g/mol. The van der Waals surface area contributed by atoms with Gasteiger partial charge in [-0.3, -0.25) is 4.79 Å². The quantitative estimate of drug-likeness (QED) is 0.687. The minimum atomic E-state index is 0.148. The fraction of sp³-hybridized carbons (Fsp3) is 0.480. The van der Waals surface area contributed by atoms with Gasteiger partial charge in [-0.05, 0) is 93.2 Å². The predicted molar refractivity (Wildman–Crippen MR) is 118 cm³/mol. The summed E-state index contributed by atoms with van der Waals surface area (Å²) in [6, 6.07) is 11.3. The zero-order chi connectivity index (χ0) is 19.9. The number of amides is 1. The van der Waals surface area contributed by atoms with E-state index in [9.17, 15) is 4.79 Å². The Kier molecular flexibility index (Phi) is 4.95. The maximum Gasteiger partial charge on any atom is 0.224 e. The van der Waals surface area contributed by atoms with Crippen LogP contribution in [-0.2, 0) is 11.2 Å². The van der Waals surface area contributed by atoms with E-state index in [1.165, 1.54) is 48.2 Å². The van der Waals surface area contributed by atoms with Gasteiger partial charge in [0.2, 0.25) is 5.91 Å². The lowest BCUT2D eigenvalue weighted by atomic mass is 10.0. The zero-order valence-electron chi connectivity index (χ0n) is 17.7. The van der Waals surface area contributed by atoms with Crippen molar-refractivity contribution in [2.75, 3.05) is 16.8 Å². The number of hydrogen-bond acceptors (Lipinski definition) is 2. The Balaban J connectivity index is 1.62. The highest BCUT2D eigenvalue weighted by Crippen LogP contribution is 2.48. The SMILES string of the molecule is Cc1ccc2c(c1)CCCCN2c1cc(C)c(NC(=O)CC2(C)CC2)c(C)c1. The summed E-state index contributed by atoms with van der Waals surface area (Å²) in [6.07, 6.45) is 6.56. The number of fused-ring (bicyclic) bond motifs is 1. The van der Waals surface area contributed by atoms with Gasteiger partial charge in [-0.25, -0.2) is 0 Å². The van der Waals surface area contributed by atoms with Gasteiger partial charge < -0.3 is 10.2 Å². The molecule has 1 aliphatic carbocycles. The molecule has 2 aliphatic rings. The molecule has 4 rings (SSSR count). The predicted octanol–water partition coefficient (Wildman–Crippen LogP) is 6.21. The lowest BCUT2D eigenvalue weighted by molar-refractivity contribution is -0.117. The van der Waals surface area contributed by atoms with Gasteiger partial charge in [0.15, 0.2) is 0 Å². The Bertz CT molecular complexity index is 888. The van der Waals surface area contributed by atoms with Gasteiger partial charge in [-0.15, -0.1) is 0 Å². The van der Waals surface area contributed by atoms with Crippen LogP contribution in [0.5, 0.6) is 0 Å². The van der Waals surface area contributed by atoms with Crippen LogP contribution < -0.4 is 10.2 Å². The second-order valence-electron chi connectivity index (χ2n) is 9.23. The van der Waals surface area contributed by atoms with Crippen molar-refractivity contribution in [3.8, 4) is 0 Å². The summed E-state index contributed by atoms with van der Waals surface area (Å²) in [5.74, 6) is 0.148. The topological polar surface area (TPSA) is 32.3 Å². The maximum atomic E-state index is 12.5. The van der Waals surface area contributed by atoms with Crippen LogP contribution in [0.3, 0.4) is 0 Å². The summed E-state index contributed by atoms with van der Waals surface area (Å²) in [6.45, 7) is 9.63. The smallest absolute Gasteiger partial charge is 0.224 e. The molecule has 2 aromatic rings. The van der Waals surface area contributed by atoms with Crippen molar-refractivity contribution in [2.45, 2.75) is 66.2 Å². The van der Waals surface area contributed by atoms with Crippen LogP contribution in [0.15, 0.2) is 30.3 Å². The van der Waals surface area contributed by atoms with Crippen molar-refractivity contribution < 1.29 is 4.79 Å². The van der Waals surface area contributed by atoms with Gasteiger partial charge in [-0.1, -0.05) is 24.6 Å². The number of nitrogens with one attached hydrogen (secondary N) is 1. The molecule has 0 unspecified atom stereocenters. The molecule has 2 aromatic carbocycles. The molecule has 1 heterocycles. The van der Waals surface area contributed by atoms with Gasteiger partial charge in [0.05, 0.1) is 0 Å². The lowest BCUT2D eigenvalue weighted by Gasteiger charge is -2.27. The van der Waals surface area contributed by atoms with E-state index in [0.29, 0.717) is 6.42 Å². The first-order valence-electron chi connectivity index (χ1n) is 10.6. The van der Waals surface area contributed by atoms with Crippen LogP contribution in [-0.4, -0.2) is 12.5 Å². The maximum absolute atomic E-state index is 12.5. The largest absolute Gasteiger partial charge is 0.341 e. The van der Waals surface area contributed by atoms with Crippen LogP contribution in [0.1, 0.15) is 61.3 Å². The fourth-order valence-corrected chi connectivity index (χ4v) is 4.41. The van der Waals surface area contributed by atoms with E-state index < -0.39 is 0 Å². The van der Waals surface area contributed by atoms with Crippen LogP contribution in [0.2, 0.25) is 0 Å². The van der Waals surface area contributed by atoms with Crippen LogP contribution in [0.4, 0.5) is 17.1 Å². The number of hydrogen-bond donors (Lipinski definition) is 1. The Labute approximate surface area is 169 Å². The van der Waals surface area contributed by atoms with Crippen LogP contribution >= 0.6 is 0 Å². The van der Waals surface area contributed by atoms with Crippen molar-refractivity contribution in [2.24, 2.45) is 5.41 Å². The third-order valence-corrected chi connectivity index (χ3v) is 6.39. The van der Waals surface area contributed by atoms with E-state index in [-0.39, 0.29) is 11.3 Å². The highest BCUT2D eigenvalue weighted by Gasteiger charge is 2.39. The van der Waals surface area contributed by atoms with Crippen molar-refractivity contribution in [3.63, 3.8) is 0 Å². The van der Waals surface area contributed by atoms with Gasteiger partial charge in [-0.2, -0.15) is 0 Å². The van der Waals surface area contributed by atoms with E-state index in [0.717, 1.165) is 29.8 Å². The molecule has 0 aromatic heterocycles. The summed E-state index contributed by atoms with van der Waals surface area (Å²) >= 11 is 0. The molecule has 28 heavy (non-hydrogen) atoms. The third kappa shape index (κ3) is 3.94. The van der Waals surface area contributed by atoms with Gasteiger partial charge in [0.25, 0.3) is 0 Å². The summed E-state index contributed by atoms with van der Waals surface area (Å²) in [7, 11) is 0. The molecule has 0 atom stereocenters. The first kappa shape index (κ1) is 19.0. The van der Waals surface area contributed by atoms with Crippen molar-refractivity contribution >= 4 is 23.0 Å². The number of aryl methyl sites for hydroxylation is 4. The summed E-state index contributed by atoms with van der Waals surface area (Å²) in [5, 5.41) is 3.19. The summed E-state index contributed by atoms with van der Waals surface area (Å²) in [5.41, 5.74) is 8.84. The van der Waals surface area contributed by atoms with Gasteiger partial charge in [0, 0.05) is 30.0 Å². The highest BCUT2D eigenvalue weighted by atomic mass is 16.1. The first-order valence-corrected chi connectivity index (χ1v) is 10.6. The molecule has 1 aliphatic heterocycles. The standard InChI is InChI=1S/C25H32N2O/c1-17-8-9-22-20(13-17)7-5-6-12-27(22)21-14-18(2)24(19(3)15-21)26-23(28)16-25(4)10-11-25/h8-9,13-15H,5-7,10-12,16H2,1-4H3,(H,26,28). The lowest BCUT2D eigenvalue weighted by Crippen LogP contribution is -2.20. The van der Waals surface area contributed by atoms with Gasteiger partial charge in [0.1, 0.15) is 0 Å². The van der Waals surface area contributed by atoms with Crippen LogP contribution in [0.25, 0.3) is 0 Å². The Morgan fingerprint density at radius 1 is 1.07 bits per heavy atom. The van der Waals surface area contributed by atoms with E-state index in [1.807, 2.05) is 0 Å². The average Bonchev–Trinajstić information content (AvgIpc) is 3.39. The summed E-state index contributed by atoms with van der Waals surface area (Å²) < 4.78 is 0. The average molecular weight is 377 g/mol. The second-order valence-corrected chi connectivity index (χ2v) is 9.23. The molecule has 1 fully saturated rings. The number of anilines is 3. The second kappa shape index (κ2) is 7.27. The Morgan fingerprint density at radius 2 is 1.79 bits per heavy atom. The van der Waals surface area contributed by atoms with Crippen molar-refractivity contribution in [1.82, 2.24) is 0 Å². The fourth-order valence-electron chi connectivity index (χ4n) is 4.41. The molecule has 3 nitrogen and oxygen atoms in total.